The van der Waals surface area contributed by atoms with Gasteiger partial charge >= 0.3 is 6.18 Å². The van der Waals surface area contributed by atoms with Crippen molar-refractivity contribution in [2.75, 3.05) is 0 Å². The first-order valence-corrected chi connectivity index (χ1v) is 10.6. The summed E-state index contributed by atoms with van der Waals surface area (Å²) in [6, 6.07) is 22.0. The molecule has 4 aromatic rings. The zero-order valence-corrected chi connectivity index (χ0v) is 17.5. The van der Waals surface area contributed by atoms with Crippen LogP contribution in [0.25, 0.3) is 22.5 Å². The predicted octanol–water partition coefficient (Wildman–Crippen LogP) is 6.18. The molecule has 0 unspecified atom stereocenters. The third kappa shape index (κ3) is 4.26. The first-order valence-electron chi connectivity index (χ1n) is 10.6. The maximum Gasteiger partial charge on any atom is 0.416 e. The third-order valence-electron chi connectivity index (χ3n) is 5.96. The van der Waals surface area contributed by atoms with E-state index in [4.69, 9.17) is 0 Å². The van der Waals surface area contributed by atoms with Crippen LogP contribution in [0, 0.1) is 0 Å². The highest BCUT2D eigenvalue weighted by Gasteiger charge is 2.30. The van der Waals surface area contributed by atoms with Gasteiger partial charge in [-0.15, -0.1) is 0 Å². The van der Waals surface area contributed by atoms with Gasteiger partial charge in [-0.1, -0.05) is 48.5 Å². The van der Waals surface area contributed by atoms with Crippen molar-refractivity contribution in [1.29, 1.82) is 0 Å². The fraction of sp³-hybridized carbons (Fsp3) is 0.154. The van der Waals surface area contributed by atoms with Gasteiger partial charge in [0, 0.05) is 11.1 Å². The number of H-pyrrole nitrogens is 1. The fourth-order valence-electron chi connectivity index (χ4n) is 4.22. The highest BCUT2D eigenvalue weighted by atomic mass is 19.4. The Labute approximate surface area is 188 Å². The molecular weight excluding hydrogens is 427 g/mol. The van der Waals surface area contributed by atoms with E-state index >= 15 is 0 Å². The second kappa shape index (κ2) is 8.24. The molecule has 0 radical (unpaired) electrons. The monoisotopic (exact) mass is 447 g/mol. The van der Waals surface area contributed by atoms with Crippen molar-refractivity contribution < 1.29 is 18.0 Å². The van der Waals surface area contributed by atoms with E-state index in [0.717, 1.165) is 30.5 Å². The van der Waals surface area contributed by atoms with Crippen LogP contribution in [0.15, 0.2) is 78.9 Å². The van der Waals surface area contributed by atoms with Gasteiger partial charge in [-0.05, 0) is 59.9 Å². The van der Waals surface area contributed by atoms with E-state index in [2.05, 4.69) is 27.6 Å². The molecular formula is C26H20F3N3O. The number of nitrogens with one attached hydrogen (secondary N) is 2. The van der Waals surface area contributed by atoms with Gasteiger partial charge < -0.3 is 5.32 Å². The molecule has 2 N–H and O–H groups in total. The van der Waals surface area contributed by atoms with Gasteiger partial charge in [0.25, 0.3) is 5.91 Å². The summed E-state index contributed by atoms with van der Waals surface area (Å²) < 4.78 is 39.0. The number of aromatic amines is 1. The number of carbonyl (C=O) groups is 1. The van der Waals surface area contributed by atoms with Crippen LogP contribution in [0.2, 0.25) is 0 Å². The zero-order chi connectivity index (χ0) is 23.0. The smallest absolute Gasteiger partial charge is 0.345 e. The maximum atomic E-state index is 13.0. The largest absolute Gasteiger partial charge is 0.416 e. The minimum Gasteiger partial charge on any atom is -0.345 e. The topological polar surface area (TPSA) is 57.8 Å². The minimum atomic E-state index is -4.41. The number of carbonyl (C=O) groups excluding carboxylic acids is 1. The predicted molar refractivity (Wildman–Crippen MR) is 119 cm³/mol. The Morgan fingerprint density at radius 2 is 1.73 bits per heavy atom. The van der Waals surface area contributed by atoms with Crippen molar-refractivity contribution in [3.05, 3.63) is 101 Å². The van der Waals surface area contributed by atoms with Crippen molar-refractivity contribution in [3.8, 4) is 22.5 Å². The molecule has 0 fully saturated rings. The normalized spacial score (nSPS) is 15.3. The third-order valence-corrected chi connectivity index (χ3v) is 5.96. The number of hydrogen-bond acceptors (Lipinski definition) is 2. The molecule has 7 heteroatoms. The van der Waals surface area contributed by atoms with E-state index in [1.54, 1.807) is 36.4 Å². The summed E-state index contributed by atoms with van der Waals surface area (Å²) in [5.74, 6) is -0.141. The Balaban J connectivity index is 1.31. The Hall–Kier alpha value is -3.87. The summed E-state index contributed by atoms with van der Waals surface area (Å²) in [5, 5.41) is 10.1. The summed E-state index contributed by atoms with van der Waals surface area (Å²) >= 11 is 0. The Morgan fingerprint density at radius 3 is 2.52 bits per heavy atom. The molecule has 0 aliphatic heterocycles. The van der Waals surface area contributed by atoms with E-state index in [9.17, 15) is 18.0 Å². The molecule has 1 heterocycles. The molecule has 5 rings (SSSR count). The van der Waals surface area contributed by atoms with Gasteiger partial charge in [0.2, 0.25) is 0 Å². The number of fused-ring (bicyclic) bond motifs is 1. The molecule has 0 saturated carbocycles. The SMILES string of the molecule is O=C(N[C@H]1CCc2ccccc21)c1ccc(-c2cc(-c3cccc(C(F)(F)F)c3)n[nH]2)cc1. The molecule has 1 amide bonds. The molecule has 33 heavy (non-hydrogen) atoms. The minimum absolute atomic E-state index is 0.0102. The number of amides is 1. The molecule has 3 aromatic carbocycles. The molecule has 166 valence electrons. The van der Waals surface area contributed by atoms with Crippen LogP contribution in [0.1, 0.15) is 39.5 Å². The molecule has 0 spiro atoms. The number of rotatable bonds is 4. The fourth-order valence-corrected chi connectivity index (χ4v) is 4.22. The molecule has 1 aromatic heterocycles. The van der Waals surface area contributed by atoms with Gasteiger partial charge in [-0.25, -0.2) is 0 Å². The van der Waals surface area contributed by atoms with Crippen molar-refractivity contribution in [1.82, 2.24) is 15.5 Å². The van der Waals surface area contributed by atoms with Gasteiger partial charge in [-0.3, -0.25) is 9.89 Å². The first-order chi connectivity index (χ1) is 15.9. The van der Waals surface area contributed by atoms with E-state index in [0.29, 0.717) is 22.5 Å². The number of alkyl halides is 3. The van der Waals surface area contributed by atoms with Crippen LogP contribution in [-0.2, 0) is 12.6 Å². The van der Waals surface area contributed by atoms with Gasteiger partial charge in [0.15, 0.2) is 0 Å². The average molecular weight is 447 g/mol. The summed E-state index contributed by atoms with van der Waals surface area (Å²) in [6.07, 6.45) is -2.57. The van der Waals surface area contributed by atoms with Crippen LogP contribution in [0.3, 0.4) is 0 Å². The Kier molecular flexibility index (Phi) is 5.24. The Bertz CT molecular complexity index is 1310. The molecule has 0 bridgehead atoms. The summed E-state index contributed by atoms with van der Waals surface area (Å²) in [4.78, 5) is 12.7. The molecule has 4 nitrogen and oxygen atoms in total. The number of hydrogen-bond donors (Lipinski definition) is 2. The van der Waals surface area contributed by atoms with Crippen molar-refractivity contribution in [2.45, 2.75) is 25.1 Å². The molecule has 1 atom stereocenters. The molecule has 1 aliphatic rings. The van der Waals surface area contributed by atoms with Crippen LogP contribution in [0.4, 0.5) is 13.2 Å². The van der Waals surface area contributed by atoms with Gasteiger partial charge in [0.05, 0.1) is 23.0 Å². The molecule has 1 aliphatic carbocycles. The van der Waals surface area contributed by atoms with Crippen molar-refractivity contribution in [3.63, 3.8) is 0 Å². The molecule has 0 saturated heterocycles. The maximum absolute atomic E-state index is 13.0. The lowest BCUT2D eigenvalue weighted by atomic mass is 10.0. The highest BCUT2D eigenvalue weighted by molar-refractivity contribution is 5.95. The van der Waals surface area contributed by atoms with Gasteiger partial charge in [0.1, 0.15) is 0 Å². The number of nitrogens with zero attached hydrogens (tertiary/aromatic N) is 1. The highest BCUT2D eigenvalue weighted by Crippen LogP contribution is 2.33. The number of aryl methyl sites for hydroxylation is 1. The lowest BCUT2D eigenvalue weighted by Crippen LogP contribution is -2.27. The van der Waals surface area contributed by atoms with E-state index in [1.165, 1.54) is 17.2 Å². The van der Waals surface area contributed by atoms with Crippen LogP contribution in [-0.4, -0.2) is 16.1 Å². The summed E-state index contributed by atoms with van der Waals surface area (Å²) in [6.45, 7) is 0. The van der Waals surface area contributed by atoms with E-state index in [-0.39, 0.29) is 11.9 Å². The number of aromatic nitrogens is 2. The van der Waals surface area contributed by atoms with Crippen LogP contribution < -0.4 is 5.32 Å². The Morgan fingerprint density at radius 1 is 0.939 bits per heavy atom. The van der Waals surface area contributed by atoms with Crippen molar-refractivity contribution in [2.24, 2.45) is 0 Å². The average Bonchev–Trinajstić information content (AvgIpc) is 3.47. The van der Waals surface area contributed by atoms with Crippen molar-refractivity contribution >= 4 is 5.91 Å². The standard InChI is InChI=1S/C26H20F3N3O/c27-26(28,29)20-6-3-5-19(14-20)24-15-23(31-32-24)17-8-10-18(11-9-17)25(33)30-22-13-12-16-4-1-2-7-21(16)22/h1-11,14-15,22H,12-13H2,(H,30,33)(H,31,32)/t22-/m0/s1. The lowest BCUT2D eigenvalue weighted by molar-refractivity contribution is -0.137. The lowest BCUT2D eigenvalue weighted by Gasteiger charge is -2.14. The van der Waals surface area contributed by atoms with Crippen LogP contribution in [0.5, 0.6) is 0 Å². The van der Waals surface area contributed by atoms with Gasteiger partial charge in [-0.2, -0.15) is 18.3 Å². The quantitative estimate of drug-likeness (QED) is 0.393. The zero-order valence-electron chi connectivity index (χ0n) is 17.5. The van der Waals surface area contributed by atoms with Crippen LogP contribution >= 0.6 is 0 Å². The second-order valence-corrected chi connectivity index (χ2v) is 8.09. The summed E-state index contributed by atoms with van der Waals surface area (Å²) in [7, 11) is 0. The van der Waals surface area contributed by atoms with E-state index in [1.807, 2.05) is 12.1 Å². The number of benzene rings is 3. The number of halogens is 3. The van der Waals surface area contributed by atoms with E-state index < -0.39 is 11.7 Å². The second-order valence-electron chi connectivity index (χ2n) is 8.09. The summed E-state index contributed by atoms with van der Waals surface area (Å²) in [5.41, 5.74) is 4.49. The first kappa shape index (κ1) is 21.0.